The van der Waals surface area contributed by atoms with Gasteiger partial charge in [-0.25, -0.2) is 8.42 Å². The molecule has 2 rings (SSSR count). The van der Waals surface area contributed by atoms with Crippen LogP contribution in [-0.4, -0.2) is 37.6 Å². The minimum absolute atomic E-state index is 0.322. The van der Waals surface area contributed by atoms with E-state index >= 15 is 0 Å². The van der Waals surface area contributed by atoms with Crippen molar-refractivity contribution in [3.63, 3.8) is 0 Å². The van der Waals surface area contributed by atoms with E-state index in [1.807, 2.05) is 0 Å². The molecule has 0 unspecified atom stereocenters. The summed E-state index contributed by atoms with van der Waals surface area (Å²) >= 11 is 0. The molecule has 8 nitrogen and oxygen atoms in total. The number of aromatic nitrogens is 2. The number of nitrogens with one attached hydrogen (secondary N) is 1. The van der Waals surface area contributed by atoms with E-state index in [2.05, 4.69) is 15.3 Å². The number of halogens is 2. The molecular weight excluding hydrogens is 356 g/mol. The van der Waals surface area contributed by atoms with Gasteiger partial charge in [-0.1, -0.05) is 12.1 Å². The van der Waals surface area contributed by atoms with Gasteiger partial charge in [-0.2, -0.15) is 27.2 Å². The zero-order valence-electron chi connectivity index (χ0n) is 11.4. The van der Waals surface area contributed by atoms with Crippen LogP contribution in [0, 0.1) is 12.0 Å². The topological polar surface area (TPSA) is 126 Å². The maximum absolute atomic E-state index is 13.7. The number of anilines is 2. The summed E-state index contributed by atoms with van der Waals surface area (Å²) in [5, 5.41) is 2.19. The number of para-hydroxylation sites is 1. The molecule has 2 aromatic rings. The van der Waals surface area contributed by atoms with Crippen molar-refractivity contribution in [3.05, 3.63) is 36.3 Å². The van der Waals surface area contributed by atoms with E-state index in [1.165, 1.54) is 12.1 Å². The van der Waals surface area contributed by atoms with Gasteiger partial charge in [0, 0.05) is 6.26 Å². The van der Waals surface area contributed by atoms with Gasteiger partial charge in [-0.15, -0.1) is 0 Å². The van der Waals surface area contributed by atoms with E-state index in [-0.39, 0.29) is 5.69 Å². The monoisotopic (exact) mass is 365 g/mol. The Morgan fingerprint density at radius 1 is 1.09 bits per heavy atom. The average molecular weight is 365 g/mol. The summed E-state index contributed by atoms with van der Waals surface area (Å²) in [5.74, 6) is -2.43. The van der Waals surface area contributed by atoms with Crippen molar-refractivity contribution in [2.75, 3.05) is 11.6 Å². The lowest BCUT2D eigenvalue weighted by Gasteiger charge is -2.12. The first-order valence-corrected chi connectivity index (χ1v) is 9.10. The fourth-order valence-corrected chi connectivity index (χ4v) is 3.18. The van der Waals surface area contributed by atoms with Crippen LogP contribution < -0.4 is 5.32 Å². The van der Waals surface area contributed by atoms with Crippen molar-refractivity contribution in [3.8, 4) is 0 Å². The number of nitrogens with zero attached hydrogens (tertiary/aromatic N) is 2. The second-order valence-electron chi connectivity index (χ2n) is 4.33. The Morgan fingerprint density at radius 2 is 1.70 bits per heavy atom. The van der Waals surface area contributed by atoms with E-state index in [0.29, 0.717) is 6.26 Å². The summed E-state index contributed by atoms with van der Waals surface area (Å²) in [6, 6.07) is 4.79. The normalized spacial score (nSPS) is 12.2. The zero-order valence-corrected chi connectivity index (χ0v) is 13.0. The van der Waals surface area contributed by atoms with E-state index < -0.39 is 47.6 Å². The molecule has 0 atom stereocenters. The van der Waals surface area contributed by atoms with Crippen molar-refractivity contribution in [2.45, 2.75) is 9.79 Å². The van der Waals surface area contributed by atoms with Gasteiger partial charge in [0.05, 0.1) is 5.69 Å². The Bertz CT molecular complexity index is 977. The third-order valence-electron chi connectivity index (χ3n) is 2.59. The van der Waals surface area contributed by atoms with Crippen LogP contribution in [0.1, 0.15) is 0 Å². The summed E-state index contributed by atoms with van der Waals surface area (Å²) in [5.41, 5.74) is -0.322. The van der Waals surface area contributed by atoms with Crippen molar-refractivity contribution in [1.29, 1.82) is 0 Å². The molecule has 124 valence electrons. The first-order valence-electron chi connectivity index (χ1n) is 5.77. The van der Waals surface area contributed by atoms with Crippen molar-refractivity contribution >= 4 is 31.5 Å². The highest BCUT2D eigenvalue weighted by molar-refractivity contribution is 7.90. The van der Waals surface area contributed by atoms with E-state index in [0.717, 1.165) is 12.1 Å². The molecule has 0 saturated heterocycles. The van der Waals surface area contributed by atoms with Gasteiger partial charge in [0.15, 0.2) is 20.6 Å². The molecule has 0 aliphatic rings. The van der Waals surface area contributed by atoms with Gasteiger partial charge in [-0.05, 0) is 12.1 Å². The number of sulfone groups is 1. The zero-order chi connectivity index (χ0) is 17.4. The molecule has 0 radical (unpaired) electrons. The van der Waals surface area contributed by atoms with Crippen LogP contribution in [0.25, 0.3) is 0 Å². The standard InChI is InChI=1S/C11H9F2N3O5S2/c1-22(17,18)8-9(12)15-11(13)16-10(8)14-6-4-2-3-5-7(6)23(19,20)21/h2-5H,1H3,(H,14,15,16)(H,19,20,21). The minimum atomic E-state index is -4.66. The van der Waals surface area contributed by atoms with Crippen LogP contribution in [0.15, 0.2) is 34.1 Å². The Morgan fingerprint density at radius 3 is 2.26 bits per heavy atom. The fourth-order valence-electron chi connectivity index (χ4n) is 1.73. The van der Waals surface area contributed by atoms with E-state index in [4.69, 9.17) is 4.55 Å². The summed E-state index contributed by atoms with van der Waals surface area (Å²) in [6.45, 7) is 0. The molecule has 0 fully saturated rings. The smallest absolute Gasteiger partial charge is 0.313 e. The Hall–Kier alpha value is -2.18. The summed E-state index contributed by atoms with van der Waals surface area (Å²) in [4.78, 5) is 4.15. The lowest BCUT2D eigenvalue weighted by molar-refractivity contribution is 0.465. The molecule has 2 N–H and O–H groups in total. The molecule has 0 amide bonds. The molecule has 0 spiro atoms. The lowest BCUT2D eigenvalue weighted by atomic mass is 10.3. The molecule has 12 heteroatoms. The van der Waals surface area contributed by atoms with Gasteiger partial charge in [0.1, 0.15) is 4.90 Å². The Balaban J connectivity index is 2.68. The summed E-state index contributed by atoms with van der Waals surface area (Å²) < 4.78 is 81.7. The second-order valence-corrected chi connectivity index (χ2v) is 7.67. The summed E-state index contributed by atoms with van der Waals surface area (Å²) in [6.07, 6.45) is -0.909. The minimum Gasteiger partial charge on any atom is -0.338 e. The third kappa shape index (κ3) is 3.78. The molecule has 1 aromatic carbocycles. The van der Waals surface area contributed by atoms with E-state index in [9.17, 15) is 25.6 Å². The first kappa shape index (κ1) is 17.2. The predicted octanol–water partition coefficient (Wildman–Crippen LogP) is 1.15. The lowest BCUT2D eigenvalue weighted by Crippen LogP contribution is -2.12. The molecular formula is C11H9F2N3O5S2. The number of hydrogen-bond donors (Lipinski definition) is 2. The van der Waals surface area contributed by atoms with E-state index in [1.54, 1.807) is 0 Å². The first-order chi connectivity index (χ1) is 10.5. The van der Waals surface area contributed by atoms with Crippen LogP contribution in [0.5, 0.6) is 0 Å². The second kappa shape index (κ2) is 5.79. The van der Waals surface area contributed by atoms with Gasteiger partial charge in [0.25, 0.3) is 10.1 Å². The van der Waals surface area contributed by atoms with Gasteiger partial charge in [-0.3, -0.25) is 4.55 Å². The Labute approximate surface area is 129 Å². The van der Waals surface area contributed by atoms with Crippen LogP contribution >= 0.6 is 0 Å². The van der Waals surface area contributed by atoms with Gasteiger partial charge >= 0.3 is 6.08 Å². The van der Waals surface area contributed by atoms with Crippen LogP contribution in [0.3, 0.4) is 0 Å². The highest BCUT2D eigenvalue weighted by Gasteiger charge is 2.25. The predicted molar refractivity (Wildman–Crippen MR) is 74.6 cm³/mol. The average Bonchev–Trinajstić information content (AvgIpc) is 2.35. The highest BCUT2D eigenvalue weighted by atomic mass is 32.2. The molecule has 0 aliphatic carbocycles. The number of benzene rings is 1. The number of hydrogen-bond acceptors (Lipinski definition) is 7. The Kier molecular flexibility index (Phi) is 4.32. The maximum atomic E-state index is 13.7. The molecule has 0 bridgehead atoms. The number of rotatable bonds is 4. The van der Waals surface area contributed by atoms with Crippen LogP contribution in [0.2, 0.25) is 0 Å². The van der Waals surface area contributed by atoms with Crippen molar-refractivity contribution in [2.24, 2.45) is 0 Å². The van der Waals surface area contributed by atoms with Crippen LogP contribution in [0.4, 0.5) is 20.3 Å². The van der Waals surface area contributed by atoms with Crippen LogP contribution in [-0.2, 0) is 20.0 Å². The molecule has 0 saturated carbocycles. The molecule has 1 aromatic heterocycles. The largest absolute Gasteiger partial charge is 0.338 e. The SMILES string of the molecule is CS(=O)(=O)c1c(F)nc(F)nc1Nc1ccccc1S(=O)(=O)O. The molecule has 1 heterocycles. The van der Waals surface area contributed by atoms with Crippen molar-refractivity contribution < 1.29 is 30.2 Å². The molecule has 0 aliphatic heterocycles. The quantitative estimate of drug-likeness (QED) is 0.469. The molecule has 23 heavy (non-hydrogen) atoms. The fraction of sp³-hybridized carbons (Fsp3) is 0.0909. The summed E-state index contributed by atoms with van der Waals surface area (Å²) in [7, 11) is -8.86. The van der Waals surface area contributed by atoms with Gasteiger partial charge in [0.2, 0.25) is 5.95 Å². The highest BCUT2D eigenvalue weighted by Crippen LogP contribution is 2.28. The van der Waals surface area contributed by atoms with Crippen molar-refractivity contribution in [1.82, 2.24) is 9.97 Å². The third-order valence-corrected chi connectivity index (χ3v) is 4.60. The van der Waals surface area contributed by atoms with Gasteiger partial charge < -0.3 is 5.32 Å². The maximum Gasteiger partial charge on any atom is 0.313 e.